The molecule has 0 aliphatic rings. The predicted molar refractivity (Wildman–Crippen MR) is 82.0 cm³/mol. The molecule has 1 heterocycles. The fourth-order valence-electron chi connectivity index (χ4n) is 2.18. The van der Waals surface area contributed by atoms with Gasteiger partial charge in [0.1, 0.15) is 12.2 Å². The standard InChI is InChI=1S/C15H25N3O3/c1-4-7-17-10-12(16)9-13(17)15(20)18(8-5-2)11-14(19)21-6-3/h9-10H,4-8,11,16H2,1-3H3. The maximum absolute atomic E-state index is 12.6. The Balaban J connectivity index is 2.92. The third-order valence-electron chi connectivity index (χ3n) is 3.01. The van der Waals surface area contributed by atoms with Gasteiger partial charge in [-0.2, -0.15) is 0 Å². The maximum Gasteiger partial charge on any atom is 0.325 e. The number of carbonyl (C=O) groups excluding carboxylic acids is 2. The quantitative estimate of drug-likeness (QED) is 0.743. The molecule has 0 aromatic carbocycles. The van der Waals surface area contributed by atoms with E-state index in [1.54, 1.807) is 19.2 Å². The molecule has 0 spiro atoms. The van der Waals surface area contributed by atoms with Crippen molar-refractivity contribution < 1.29 is 14.3 Å². The minimum absolute atomic E-state index is 0.0300. The Morgan fingerprint density at radius 2 is 2.00 bits per heavy atom. The molecule has 0 atom stereocenters. The van der Waals surface area contributed by atoms with Crippen molar-refractivity contribution in [3.05, 3.63) is 18.0 Å². The SMILES string of the molecule is CCCN(CC(=O)OCC)C(=O)c1cc(N)cn1CCC. The molecule has 1 aromatic rings. The summed E-state index contributed by atoms with van der Waals surface area (Å²) in [4.78, 5) is 25.8. The van der Waals surface area contributed by atoms with E-state index in [9.17, 15) is 9.59 Å². The third-order valence-corrected chi connectivity index (χ3v) is 3.01. The summed E-state index contributed by atoms with van der Waals surface area (Å²) in [5.41, 5.74) is 6.86. The van der Waals surface area contributed by atoms with Gasteiger partial charge in [0.25, 0.3) is 5.91 Å². The molecule has 6 heteroatoms. The van der Waals surface area contributed by atoms with Crippen LogP contribution in [0, 0.1) is 0 Å². The minimum atomic E-state index is -0.388. The molecular formula is C15H25N3O3. The van der Waals surface area contributed by atoms with Crippen molar-refractivity contribution in [2.75, 3.05) is 25.4 Å². The first-order valence-corrected chi connectivity index (χ1v) is 7.43. The van der Waals surface area contributed by atoms with E-state index >= 15 is 0 Å². The first-order valence-electron chi connectivity index (χ1n) is 7.43. The van der Waals surface area contributed by atoms with Gasteiger partial charge in [0, 0.05) is 19.3 Å². The van der Waals surface area contributed by atoms with Crippen LogP contribution in [0.1, 0.15) is 44.1 Å². The molecule has 1 amide bonds. The molecule has 118 valence electrons. The Morgan fingerprint density at radius 3 is 2.57 bits per heavy atom. The summed E-state index contributed by atoms with van der Waals surface area (Å²) >= 11 is 0. The molecule has 1 rings (SSSR count). The monoisotopic (exact) mass is 295 g/mol. The smallest absolute Gasteiger partial charge is 0.325 e. The number of amides is 1. The highest BCUT2D eigenvalue weighted by atomic mass is 16.5. The highest BCUT2D eigenvalue weighted by Crippen LogP contribution is 2.14. The number of nitrogens with two attached hydrogens (primary N) is 1. The predicted octanol–water partition coefficient (Wildman–Crippen LogP) is 1.90. The largest absolute Gasteiger partial charge is 0.465 e. The van der Waals surface area contributed by atoms with E-state index in [0.717, 1.165) is 19.4 Å². The lowest BCUT2D eigenvalue weighted by atomic mass is 10.3. The number of rotatable bonds is 8. The van der Waals surface area contributed by atoms with E-state index in [2.05, 4.69) is 0 Å². The number of aryl methyl sites for hydroxylation is 1. The summed E-state index contributed by atoms with van der Waals surface area (Å²) in [5, 5.41) is 0. The average molecular weight is 295 g/mol. The average Bonchev–Trinajstić information content (AvgIpc) is 2.79. The normalized spacial score (nSPS) is 10.4. The Morgan fingerprint density at radius 1 is 1.29 bits per heavy atom. The Bertz CT molecular complexity index is 483. The number of esters is 1. The molecule has 0 aliphatic heterocycles. The molecule has 2 N–H and O–H groups in total. The van der Waals surface area contributed by atoms with Gasteiger partial charge in [0.2, 0.25) is 0 Å². The molecule has 21 heavy (non-hydrogen) atoms. The molecule has 0 radical (unpaired) electrons. The second-order valence-corrected chi connectivity index (χ2v) is 4.88. The van der Waals surface area contributed by atoms with Crippen molar-refractivity contribution in [2.45, 2.75) is 40.2 Å². The minimum Gasteiger partial charge on any atom is -0.465 e. The number of nitrogen functional groups attached to an aromatic ring is 1. The Kier molecular flexibility index (Phi) is 6.78. The number of aromatic nitrogens is 1. The number of nitrogens with zero attached hydrogens (tertiary/aromatic N) is 2. The van der Waals surface area contributed by atoms with Gasteiger partial charge in [0.15, 0.2) is 0 Å². The zero-order chi connectivity index (χ0) is 15.8. The topological polar surface area (TPSA) is 77.6 Å². The van der Waals surface area contributed by atoms with Gasteiger partial charge in [-0.3, -0.25) is 9.59 Å². The first kappa shape index (κ1) is 17.1. The van der Waals surface area contributed by atoms with Gasteiger partial charge in [0.05, 0.1) is 12.3 Å². The van der Waals surface area contributed by atoms with Crippen LogP contribution in [0.15, 0.2) is 12.3 Å². The van der Waals surface area contributed by atoms with Crippen LogP contribution in [-0.2, 0) is 16.1 Å². The fourth-order valence-corrected chi connectivity index (χ4v) is 2.18. The summed E-state index contributed by atoms with van der Waals surface area (Å²) in [6, 6.07) is 1.66. The van der Waals surface area contributed by atoms with Crippen LogP contribution in [0.3, 0.4) is 0 Å². The van der Waals surface area contributed by atoms with Gasteiger partial charge in [-0.15, -0.1) is 0 Å². The second-order valence-electron chi connectivity index (χ2n) is 4.88. The number of anilines is 1. The molecule has 0 fully saturated rings. The summed E-state index contributed by atoms with van der Waals surface area (Å²) in [6.45, 7) is 7.26. The van der Waals surface area contributed by atoms with Gasteiger partial charge in [-0.25, -0.2) is 0 Å². The van der Waals surface area contributed by atoms with Crippen LogP contribution in [0.2, 0.25) is 0 Å². The van der Waals surface area contributed by atoms with Gasteiger partial charge in [-0.1, -0.05) is 13.8 Å². The molecule has 0 unspecified atom stereocenters. The zero-order valence-corrected chi connectivity index (χ0v) is 13.1. The van der Waals surface area contributed by atoms with Crippen molar-refractivity contribution in [2.24, 2.45) is 0 Å². The van der Waals surface area contributed by atoms with E-state index in [1.165, 1.54) is 4.90 Å². The van der Waals surface area contributed by atoms with E-state index in [0.29, 0.717) is 24.5 Å². The third kappa shape index (κ3) is 4.81. The second kappa shape index (κ2) is 8.34. The van der Waals surface area contributed by atoms with Crippen LogP contribution < -0.4 is 5.73 Å². The molecule has 0 aliphatic carbocycles. The molecule has 1 aromatic heterocycles. The lowest BCUT2D eigenvalue weighted by Crippen LogP contribution is -2.38. The van der Waals surface area contributed by atoms with Gasteiger partial charge in [-0.05, 0) is 25.8 Å². The Hall–Kier alpha value is -1.98. The lowest BCUT2D eigenvalue weighted by Gasteiger charge is -2.21. The van der Waals surface area contributed by atoms with E-state index < -0.39 is 0 Å². The summed E-state index contributed by atoms with van der Waals surface area (Å²) in [6.07, 6.45) is 3.43. The van der Waals surface area contributed by atoms with Crippen molar-refractivity contribution in [1.82, 2.24) is 9.47 Å². The van der Waals surface area contributed by atoms with E-state index in [-0.39, 0.29) is 18.4 Å². The first-order chi connectivity index (χ1) is 10.0. The van der Waals surface area contributed by atoms with Crippen molar-refractivity contribution >= 4 is 17.6 Å². The van der Waals surface area contributed by atoms with Crippen LogP contribution in [0.4, 0.5) is 5.69 Å². The molecule has 0 saturated heterocycles. The van der Waals surface area contributed by atoms with Crippen LogP contribution in [-0.4, -0.2) is 41.0 Å². The highest BCUT2D eigenvalue weighted by Gasteiger charge is 2.22. The van der Waals surface area contributed by atoms with Gasteiger partial charge >= 0.3 is 5.97 Å². The summed E-state index contributed by atoms with van der Waals surface area (Å²) in [7, 11) is 0. The van der Waals surface area contributed by atoms with Crippen LogP contribution in [0.5, 0.6) is 0 Å². The van der Waals surface area contributed by atoms with Crippen molar-refractivity contribution in [3.63, 3.8) is 0 Å². The number of hydrogen-bond donors (Lipinski definition) is 1. The molecule has 0 bridgehead atoms. The maximum atomic E-state index is 12.6. The lowest BCUT2D eigenvalue weighted by molar-refractivity contribution is -0.143. The molecular weight excluding hydrogens is 270 g/mol. The molecule has 0 saturated carbocycles. The molecule has 6 nitrogen and oxygen atoms in total. The van der Waals surface area contributed by atoms with Crippen LogP contribution >= 0.6 is 0 Å². The number of hydrogen-bond acceptors (Lipinski definition) is 4. The van der Waals surface area contributed by atoms with Gasteiger partial charge < -0.3 is 19.9 Å². The Labute approximate surface area is 125 Å². The summed E-state index contributed by atoms with van der Waals surface area (Å²) in [5.74, 6) is -0.573. The fraction of sp³-hybridized carbons (Fsp3) is 0.600. The number of carbonyl (C=O) groups is 2. The highest BCUT2D eigenvalue weighted by molar-refractivity contribution is 5.95. The summed E-state index contributed by atoms with van der Waals surface area (Å²) < 4.78 is 6.76. The van der Waals surface area contributed by atoms with E-state index in [4.69, 9.17) is 10.5 Å². The van der Waals surface area contributed by atoms with Crippen molar-refractivity contribution in [3.8, 4) is 0 Å². The number of ether oxygens (including phenoxy) is 1. The van der Waals surface area contributed by atoms with Crippen molar-refractivity contribution in [1.29, 1.82) is 0 Å². The van der Waals surface area contributed by atoms with Crippen LogP contribution in [0.25, 0.3) is 0 Å². The van der Waals surface area contributed by atoms with E-state index in [1.807, 2.05) is 18.4 Å². The zero-order valence-electron chi connectivity index (χ0n) is 13.1.